The molecule has 13 nitrogen and oxygen atoms in total. The topological polar surface area (TPSA) is 181 Å². The molecule has 39 heavy (non-hydrogen) atoms. The highest BCUT2D eigenvalue weighted by Crippen LogP contribution is 2.42. The lowest BCUT2D eigenvalue weighted by Crippen LogP contribution is -2.59. The molecule has 1 aromatic carbocycles. The minimum Gasteiger partial charge on any atom is -0.473 e. The van der Waals surface area contributed by atoms with Gasteiger partial charge in [0.1, 0.15) is 29.6 Å². The van der Waals surface area contributed by atoms with Crippen LogP contribution in [0.3, 0.4) is 0 Å². The molecule has 2 aliphatic heterocycles. The molecule has 3 rings (SSSR count). The molecule has 4 atom stereocenters. The van der Waals surface area contributed by atoms with E-state index < -0.39 is 89.3 Å². The molecular weight excluding hydrogens is 524 g/mol. The number of rotatable bonds is 7. The summed E-state index contributed by atoms with van der Waals surface area (Å²) >= 11 is 0. The lowest BCUT2D eigenvalue weighted by atomic mass is 9.96. The van der Waals surface area contributed by atoms with Crippen LogP contribution in [-0.2, 0) is 23.9 Å². The van der Waals surface area contributed by atoms with Crippen molar-refractivity contribution in [3.8, 4) is 5.75 Å². The number of hydrogen-bond acceptors (Lipinski definition) is 7. The van der Waals surface area contributed by atoms with Crippen molar-refractivity contribution >= 4 is 35.4 Å². The summed E-state index contributed by atoms with van der Waals surface area (Å²) in [5.41, 5.74) is 2.49. The Balaban J connectivity index is 1.96. The molecule has 0 bridgehead atoms. The highest BCUT2D eigenvalue weighted by molar-refractivity contribution is 6.03. The van der Waals surface area contributed by atoms with Crippen LogP contribution >= 0.6 is 0 Å². The summed E-state index contributed by atoms with van der Waals surface area (Å²) in [4.78, 5) is 65.2. The first-order chi connectivity index (χ1) is 18.0. The molecule has 1 spiro atoms. The summed E-state index contributed by atoms with van der Waals surface area (Å²) in [6.07, 6.45) is -1.89. The maximum absolute atomic E-state index is 14.2. The number of nitrogens with zero attached hydrogens (tertiary/aromatic N) is 2. The van der Waals surface area contributed by atoms with Crippen LogP contribution in [0.4, 0.5) is 19.3 Å². The van der Waals surface area contributed by atoms with Crippen LogP contribution in [0.5, 0.6) is 5.75 Å². The number of fused-ring (bicyclic) bond motifs is 1. The number of likely N-dealkylation sites (tertiary alicyclic amines) is 1. The van der Waals surface area contributed by atoms with E-state index in [0.717, 1.165) is 15.9 Å². The summed E-state index contributed by atoms with van der Waals surface area (Å²) in [6.45, 7) is 5.51. The highest BCUT2D eigenvalue weighted by Gasteiger charge is 2.58. The minimum absolute atomic E-state index is 0.335. The van der Waals surface area contributed by atoms with Gasteiger partial charge in [-0.05, 0) is 27.7 Å². The van der Waals surface area contributed by atoms with Crippen LogP contribution in [0.2, 0.25) is 0 Å². The third-order valence-electron chi connectivity index (χ3n) is 6.40. The van der Waals surface area contributed by atoms with Crippen molar-refractivity contribution in [2.75, 3.05) is 25.5 Å². The van der Waals surface area contributed by atoms with Gasteiger partial charge in [0, 0.05) is 25.6 Å². The predicted molar refractivity (Wildman–Crippen MR) is 131 cm³/mol. The third-order valence-corrected chi connectivity index (χ3v) is 6.40. The van der Waals surface area contributed by atoms with E-state index in [0.29, 0.717) is 6.07 Å². The number of anilines is 1. The molecular formula is C24H31F2N5O8. The van der Waals surface area contributed by atoms with Crippen molar-refractivity contribution in [1.82, 2.24) is 15.1 Å². The van der Waals surface area contributed by atoms with E-state index in [1.165, 1.54) is 14.0 Å². The Morgan fingerprint density at radius 1 is 1.33 bits per heavy atom. The number of primary amides is 1. The Hall–Kier alpha value is -4.01. The summed E-state index contributed by atoms with van der Waals surface area (Å²) in [5, 5.41) is 13.3. The molecule has 0 aromatic heterocycles. The SMILES string of the molecule is CC(NC(=O)O)C(=O)N(C)C(COC(C)(C)C)C(=O)N1C[C@@]2(C[C@H]1C(N)=O)Oc1cc(F)cc(F)c1NC2=O. The van der Waals surface area contributed by atoms with Crippen LogP contribution in [0, 0.1) is 11.6 Å². The van der Waals surface area contributed by atoms with Gasteiger partial charge in [0.15, 0.2) is 11.6 Å². The summed E-state index contributed by atoms with van der Waals surface area (Å²) in [5.74, 6) is -5.87. The van der Waals surface area contributed by atoms with Crippen molar-refractivity contribution < 1.29 is 47.3 Å². The lowest BCUT2D eigenvalue weighted by molar-refractivity contribution is -0.152. The number of benzene rings is 1. The van der Waals surface area contributed by atoms with Gasteiger partial charge in [-0.15, -0.1) is 0 Å². The number of likely N-dealkylation sites (N-methyl/N-ethyl adjacent to an activating group) is 1. The number of hydrogen-bond donors (Lipinski definition) is 4. The molecule has 15 heteroatoms. The molecule has 1 fully saturated rings. The number of nitrogens with one attached hydrogen (secondary N) is 2. The monoisotopic (exact) mass is 555 g/mol. The number of amides is 5. The smallest absolute Gasteiger partial charge is 0.405 e. The van der Waals surface area contributed by atoms with Gasteiger partial charge < -0.3 is 40.7 Å². The number of carboxylic acid groups (broad SMARTS) is 1. The molecule has 214 valence electrons. The Bertz CT molecular complexity index is 1210. The average molecular weight is 556 g/mol. The van der Waals surface area contributed by atoms with E-state index in [4.69, 9.17) is 20.3 Å². The van der Waals surface area contributed by atoms with Crippen LogP contribution < -0.4 is 21.1 Å². The molecule has 5 amide bonds. The van der Waals surface area contributed by atoms with Crippen LogP contribution in [-0.4, -0.2) is 94.2 Å². The summed E-state index contributed by atoms with van der Waals surface area (Å²) in [7, 11) is 1.26. The fourth-order valence-corrected chi connectivity index (χ4v) is 4.41. The molecule has 2 aliphatic rings. The quantitative estimate of drug-likeness (QED) is 0.373. The van der Waals surface area contributed by atoms with Crippen molar-refractivity contribution in [3.63, 3.8) is 0 Å². The number of nitrogens with two attached hydrogens (primary N) is 1. The van der Waals surface area contributed by atoms with Gasteiger partial charge in [0.05, 0.1) is 18.8 Å². The van der Waals surface area contributed by atoms with E-state index >= 15 is 0 Å². The molecule has 0 aliphatic carbocycles. The molecule has 1 aromatic rings. The zero-order valence-electron chi connectivity index (χ0n) is 22.0. The van der Waals surface area contributed by atoms with Crippen molar-refractivity contribution in [3.05, 3.63) is 23.8 Å². The second-order valence-corrected chi connectivity index (χ2v) is 10.5. The maximum Gasteiger partial charge on any atom is 0.405 e. The zero-order valence-corrected chi connectivity index (χ0v) is 22.0. The zero-order chi connectivity index (χ0) is 29.4. The molecule has 5 N–H and O–H groups in total. The van der Waals surface area contributed by atoms with Crippen molar-refractivity contribution in [2.45, 2.75) is 63.4 Å². The highest BCUT2D eigenvalue weighted by atomic mass is 19.1. The van der Waals surface area contributed by atoms with Gasteiger partial charge in [-0.3, -0.25) is 19.2 Å². The van der Waals surface area contributed by atoms with Crippen LogP contribution in [0.1, 0.15) is 34.1 Å². The molecule has 2 heterocycles. The lowest BCUT2D eigenvalue weighted by Gasteiger charge is -2.36. The third kappa shape index (κ3) is 6.19. The van der Waals surface area contributed by atoms with Gasteiger partial charge in [-0.2, -0.15) is 0 Å². The fourth-order valence-electron chi connectivity index (χ4n) is 4.41. The number of carbonyl (C=O) groups excluding carboxylic acids is 4. The Kier molecular flexibility index (Phi) is 8.05. The van der Waals surface area contributed by atoms with Gasteiger partial charge in [-0.1, -0.05) is 0 Å². The standard InChI is InChI=1S/C24H31F2N5O8/c1-11(28-22(36)37)19(33)30(5)15(9-38-23(2,3)4)20(34)31-10-24(8-14(31)18(27)32)21(35)29-17-13(26)6-12(25)7-16(17)39-24/h6-7,11,14-15,28H,8-10H2,1-5H3,(H2,27,32)(H,29,35)(H,36,37)/t11?,14-,15?,24+/m0/s1. The van der Waals surface area contributed by atoms with Gasteiger partial charge in [0.2, 0.25) is 23.3 Å². The maximum atomic E-state index is 14.2. The Morgan fingerprint density at radius 3 is 2.54 bits per heavy atom. The first-order valence-electron chi connectivity index (χ1n) is 11.9. The van der Waals surface area contributed by atoms with Crippen molar-refractivity contribution in [2.24, 2.45) is 5.73 Å². The van der Waals surface area contributed by atoms with Crippen LogP contribution in [0.25, 0.3) is 0 Å². The van der Waals surface area contributed by atoms with E-state index in [1.807, 2.05) is 5.32 Å². The first kappa shape index (κ1) is 29.5. The molecule has 0 radical (unpaired) electrons. The van der Waals surface area contributed by atoms with Crippen molar-refractivity contribution in [1.29, 1.82) is 0 Å². The average Bonchev–Trinajstić information content (AvgIpc) is 3.19. The van der Waals surface area contributed by atoms with Gasteiger partial charge in [-0.25, -0.2) is 13.6 Å². The van der Waals surface area contributed by atoms with E-state index in [1.54, 1.807) is 20.8 Å². The second kappa shape index (κ2) is 10.6. The largest absolute Gasteiger partial charge is 0.473 e. The number of ether oxygens (including phenoxy) is 2. The molecule has 0 saturated carbocycles. The predicted octanol–water partition coefficient (Wildman–Crippen LogP) is 0.419. The van der Waals surface area contributed by atoms with Gasteiger partial charge in [0.25, 0.3) is 5.91 Å². The second-order valence-electron chi connectivity index (χ2n) is 10.5. The fraction of sp³-hybridized carbons (Fsp3) is 0.542. The van der Waals surface area contributed by atoms with Gasteiger partial charge >= 0.3 is 6.09 Å². The van der Waals surface area contributed by atoms with E-state index in [2.05, 4.69) is 5.32 Å². The number of halogens is 2. The number of carbonyl (C=O) groups is 5. The van der Waals surface area contributed by atoms with E-state index in [-0.39, 0.29) is 12.4 Å². The normalized spacial score (nSPS) is 21.9. The Labute approximate surface area is 222 Å². The van der Waals surface area contributed by atoms with Crippen LogP contribution in [0.15, 0.2) is 12.1 Å². The summed E-state index contributed by atoms with van der Waals surface area (Å²) < 4.78 is 39.5. The first-order valence-corrected chi connectivity index (χ1v) is 11.9. The summed E-state index contributed by atoms with van der Waals surface area (Å²) in [6, 6.07) is -2.58. The van der Waals surface area contributed by atoms with E-state index in [9.17, 15) is 32.8 Å². The molecule has 2 unspecified atom stereocenters. The Morgan fingerprint density at radius 2 is 1.97 bits per heavy atom. The molecule has 1 saturated heterocycles. The minimum atomic E-state index is -1.92.